The molecule has 160 valence electrons. The van der Waals surface area contributed by atoms with E-state index >= 15 is 0 Å². The average Bonchev–Trinajstić information content (AvgIpc) is 2.78. The first-order valence-electron chi connectivity index (χ1n) is 9.81. The van der Waals surface area contributed by atoms with Crippen LogP contribution in [0.4, 0.5) is 11.5 Å². The molecule has 2 heterocycles. The van der Waals surface area contributed by atoms with E-state index in [0.717, 1.165) is 22.3 Å². The topological polar surface area (TPSA) is 88.8 Å². The van der Waals surface area contributed by atoms with Crippen LogP contribution in [0.1, 0.15) is 15.9 Å². The second-order valence-corrected chi connectivity index (χ2v) is 7.79. The zero-order chi connectivity index (χ0) is 22.1. The molecule has 0 unspecified atom stereocenters. The zero-order valence-corrected chi connectivity index (χ0v) is 17.9. The Morgan fingerprint density at radius 3 is 2.58 bits per heavy atom. The van der Waals surface area contributed by atoms with E-state index in [1.54, 1.807) is 12.0 Å². The molecule has 0 aliphatic carbocycles. The van der Waals surface area contributed by atoms with Crippen molar-refractivity contribution in [1.29, 1.82) is 0 Å². The average molecular weight is 441 g/mol. The summed E-state index contributed by atoms with van der Waals surface area (Å²) in [7, 11) is 1.62. The summed E-state index contributed by atoms with van der Waals surface area (Å²) in [5.74, 6) is 1.16. The van der Waals surface area contributed by atoms with Gasteiger partial charge in [0.15, 0.2) is 0 Å². The van der Waals surface area contributed by atoms with E-state index in [-0.39, 0.29) is 22.2 Å². The third-order valence-electron chi connectivity index (χ3n) is 5.49. The quantitative estimate of drug-likeness (QED) is 0.448. The van der Waals surface area contributed by atoms with Crippen molar-refractivity contribution in [1.82, 2.24) is 9.88 Å². The third kappa shape index (κ3) is 3.98. The number of methoxy groups -OCH3 is 1. The van der Waals surface area contributed by atoms with Crippen LogP contribution in [-0.2, 0) is 0 Å². The largest absolute Gasteiger partial charge is 0.494 e. The van der Waals surface area contributed by atoms with Gasteiger partial charge in [-0.1, -0.05) is 23.7 Å². The third-order valence-corrected chi connectivity index (χ3v) is 5.73. The summed E-state index contributed by atoms with van der Waals surface area (Å²) in [5, 5.41) is 12.6. The lowest BCUT2D eigenvalue weighted by atomic mass is 10.1. The van der Waals surface area contributed by atoms with Gasteiger partial charge in [-0.15, -0.1) is 0 Å². The molecule has 1 saturated heterocycles. The van der Waals surface area contributed by atoms with Crippen molar-refractivity contribution in [3.05, 3.63) is 68.7 Å². The number of piperazine rings is 1. The normalized spacial score (nSPS) is 14.0. The van der Waals surface area contributed by atoms with E-state index in [4.69, 9.17) is 21.3 Å². The van der Waals surface area contributed by atoms with Crippen molar-refractivity contribution in [2.45, 2.75) is 6.92 Å². The highest BCUT2D eigenvalue weighted by atomic mass is 35.5. The molecule has 0 bridgehead atoms. The number of halogens is 1. The SMILES string of the molecule is COc1cccc2c(C)cc(N3CCN(C(=O)c4ccc(Cl)cc4[N+](=O)[O-])CC3)nc12. The first kappa shape index (κ1) is 20.9. The highest BCUT2D eigenvalue weighted by Crippen LogP contribution is 2.30. The number of anilines is 1. The fourth-order valence-corrected chi connectivity index (χ4v) is 4.01. The maximum absolute atomic E-state index is 12.9. The molecular formula is C22H21ClN4O4. The molecule has 1 aliphatic rings. The zero-order valence-electron chi connectivity index (χ0n) is 17.2. The number of para-hydroxylation sites is 1. The summed E-state index contributed by atoms with van der Waals surface area (Å²) < 4.78 is 5.46. The molecule has 0 atom stereocenters. The number of benzene rings is 2. The van der Waals surface area contributed by atoms with Crippen molar-refractivity contribution in [3.63, 3.8) is 0 Å². The number of hydrogen-bond donors (Lipinski definition) is 0. The highest BCUT2D eigenvalue weighted by Gasteiger charge is 2.28. The second kappa shape index (κ2) is 8.39. The number of aromatic nitrogens is 1. The second-order valence-electron chi connectivity index (χ2n) is 7.35. The summed E-state index contributed by atoms with van der Waals surface area (Å²) in [5.41, 5.74) is 1.66. The Morgan fingerprint density at radius 1 is 1.16 bits per heavy atom. The molecule has 1 amide bonds. The van der Waals surface area contributed by atoms with Gasteiger partial charge in [-0.25, -0.2) is 4.98 Å². The van der Waals surface area contributed by atoms with Crippen LogP contribution in [0.2, 0.25) is 5.02 Å². The van der Waals surface area contributed by atoms with Gasteiger partial charge in [0.1, 0.15) is 22.6 Å². The number of ether oxygens (including phenoxy) is 1. The number of nitro groups is 1. The van der Waals surface area contributed by atoms with Crippen molar-refractivity contribution in [2.75, 3.05) is 38.2 Å². The molecule has 0 spiro atoms. The lowest BCUT2D eigenvalue weighted by molar-refractivity contribution is -0.385. The molecule has 0 saturated carbocycles. The number of rotatable bonds is 4. The molecule has 3 aromatic rings. The Labute approximate surface area is 184 Å². The Morgan fingerprint density at radius 2 is 1.90 bits per heavy atom. The van der Waals surface area contributed by atoms with Gasteiger partial charge in [0.05, 0.1) is 12.0 Å². The summed E-state index contributed by atoms with van der Waals surface area (Å²) in [4.78, 5) is 32.2. The summed E-state index contributed by atoms with van der Waals surface area (Å²) >= 11 is 5.86. The highest BCUT2D eigenvalue weighted by molar-refractivity contribution is 6.31. The first-order valence-corrected chi connectivity index (χ1v) is 10.2. The van der Waals surface area contributed by atoms with Crippen molar-refractivity contribution in [2.24, 2.45) is 0 Å². The van der Waals surface area contributed by atoms with Gasteiger partial charge in [0, 0.05) is 42.7 Å². The number of nitro benzene ring substituents is 1. The molecule has 2 aromatic carbocycles. The Balaban J connectivity index is 1.54. The molecule has 1 aromatic heterocycles. The van der Waals surface area contributed by atoms with Crippen LogP contribution in [0.3, 0.4) is 0 Å². The van der Waals surface area contributed by atoms with Crippen LogP contribution in [0.15, 0.2) is 42.5 Å². The maximum atomic E-state index is 12.9. The smallest absolute Gasteiger partial charge is 0.283 e. The molecule has 0 radical (unpaired) electrons. The van der Waals surface area contributed by atoms with Crippen LogP contribution in [0.5, 0.6) is 5.75 Å². The van der Waals surface area contributed by atoms with Crippen molar-refractivity contribution >= 4 is 39.9 Å². The summed E-state index contributed by atoms with van der Waals surface area (Å²) in [6.07, 6.45) is 0. The number of hydrogen-bond acceptors (Lipinski definition) is 6. The number of fused-ring (bicyclic) bond motifs is 1. The van der Waals surface area contributed by atoms with Gasteiger partial charge in [0.2, 0.25) is 0 Å². The van der Waals surface area contributed by atoms with E-state index in [1.165, 1.54) is 18.2 Å². The predicted octanol–water partition coefficient (Wildman–Crippen LogP) is 4.08. The molecular weight excluding hydrogens is 420 g/mol. The Hall–Kier alpha value is -3.39. The number of carbonyl (C=O) groups is 1. The Bertz CT molecular complexity index is 1180. The van der Waals surface area contributed by atoms with Gasteiger partial charge >= 0.3 is 0 Å². The van der Waals surface area contributed by atoms with E-state index in [9.17, 15) is 14.9 Å². The minimum absolute atomic E-state index is 0.0484. The van der Waals surface area contributed by atoms with Crippen LogP contribution in [0.25, 0.3) is 10.9 Å². The lowest BCUT2D eigenvalue weighted by Gasteiger charge is -2.35. The summed E-state index contributed by atoms with van der Waals surface area (Å²) in [6.45, 7) is 4.04. The van der Waals surface area contributed by atoms with Crippen LogP contribution >= 0.6 is 11.6 Å². The van der Waals surface area contributed by atoms with Crippen LogP contribution in [-0.4, -0.2) is 54.0 Å². The van der Waals surface area contributed by atoms with Crippen LogP contribution in [0, 0.1) is 17.0 Å². The van der Waals surface area contributed by atoms with Gasteiger partial charge in [-0.2, -0.15) is 0 Å². The molecule has 1 fully saturated rings. The summed E-state index contributed by atoms with van der Waals surface area (Å²) in [6, 6.07) is 12.0. The number of aryl methyl sites for hydroxylation is 1. The standard InChI is InChI=1S/C22H21ClN4O4/c1-14-12-20(24-21-16(14)4-3-5-19(21)31-2)25-8-10-26(11-9-25)22(28)17-7-6-15(23)13-18(17)27(29)30/h3-7,12-13H,8-11H2,1-2H3. The minimum Gasteiger partial charge on any atom is -0.494 e. The van der Waals surface area contributed by atoms with Crippen LogP contribution < -0.4 is 9.64 Å². The maximum Gasteiger partial charge on any atom is 0.283 e. The molecule has 9 heteroatoms. The number of carbonyl (C=O) groups excluding carboxylic acids is 1. The molecule has 8 nitrogen and oxygen atoms in total. The van der Waals surface area contributed by atoms with Crippen molar-refractivity contribution in [3.8, 4) is 5.75 Å². The molecule has 4 rings (SSSR count). The van der Waals surface area contributed by atoms with E-state index in [0.29, 0.717) is 31.9 Å². The minimum atomic E-state index is -0.579. The van der Waals surface area contributed by atoms with E-state index in [2.05, 4.69) is 4.90 Å². The van der Waals surface area contributed by atoms with E-state index in [1.807, 2.05) is 31.2 Å². The number of nitrogens with zero attached hydrogens (tertiary/aromatic N) is 4. The number of pyridine rings is 1. The van der Waals surface area contributed by atoms with Gasteiger partial charge in [0.25, 0.3) is 11.6 Å². The molecule has 31 heavy (non-hydrogen) atoms. The van der Waals surface area contributed by atoms with Crippen molar-refractivity contribution < 1.29 is 14.5 Å². The fourth-order valence-electron chi connectivity index (χ4n) is 3.85. The lowest BCUT2D eigenvalue weighted by Crippen LogP contribution is -2.49. The first-order chi connectivity index (χ1) is 14.9. The monoisotopic (exact) mass is 440 g/mol. The van der Waals surface area contributed by atoms with Gasteiger partial charge in [-0.05, 0) is 36.8 Å². The Kier molecular flexibility index (Phi) is 5.65. The van der Waals surface area contributed by atoms with Gasteiger partial charge < -0.3 is 14.5 Å². The van der Waals surface area contributed by atoms with E-state index < -0.39 is 4.92 Å². The number of amides is 1. The molecule has 1 aliphatic heterocycles. The van der Waals surface area contributed by atoms with Gasteiger partial charge in [-0.3, -0.25) is 14.9 Å². The predicted molar refractivity (Wildman–Crippen MR) is 119 cm³/mol. The fraction of sp³-hybridized carbons (Fsp3) is 0.273. The molecule has 0 N–H and O–H groups in total.